The monoisotopic (exact) mass is 276 g/mol. The van der Waals surface area contributed by atoms with E-state index in [0.29, 0.717) is 30.5 Å². The van der Waals surface area contributed by atoms with Crippen LogP contribution in [0, 0.1) is 23.1 Å². The summed E-state index contributed by atoms with van der Waals surface area (Å²) in [5, 5.41) is 21.2. The number of benzene rings is 1. The molecule has 0 aliphatic heterocycles. The Morgan fingerprint density at radius 1 is 1.40 bits per heavy atom. The van der Waals surface area contributed by atoms with Gasteiger partial charge in [-0.3, -0.25) is 4.79 Å². The fourth-order valence-corrected chi connectivity index (χ4v) is 2.62. The molecule has 1 saturated carbocycles. The molecule has 1 fully saturated rings. The van der Waals surface area contributed by atoms with Crippen molar-refractivity contribution >= 4 is 5.97 Å². The SMILES string of the molecule is N#Cc1ccc(F)cc1CNC1CCC(C(=O)O)CC1. The second-order valence-corrected chi connectivity index (χ2v) is 5.18. The van der Waals surface area contributed by atoms with Crippen molar-refractivity contribution in [3.8, 4) is 6.07 Å². The van der Waals surface area contributed by atoms with E-state index in [1.165, 1.54) is 18.2 Å². The highest BCUT2D eigenvalue weighted by atomic mass is 19.1. The average molecular weight is 276 g/mol. The van der Waals surface area contributed by atoms with Crippen molar-refractivity contribution in [3.63, 3.8) is 0 Å². The number of hydrogen-bond donors (Lipinski definition) is 2. The van der Waals surface area contributed by atoms with Crippen LogP contribution in [-0.2, 0) is 11.3 Å². The van der Waals surface area contributed by atoms with Crippen molar-refractivity contribution in [1.82, 2.24) is 5.32 Å². The quantitative estimate of drug-likeness (QED) is 0.885. The molecule has 0 saturated heterocycles. The zero-order valence-corrected chi connectivity index (χ0v) is 11.1. The topological polar surface area (TPSA) is 73.1 Å². The van der Waals surface area contributed by atoms with Crippen LogP contribution in [0.25, 0.3) is 0 Å². The first kappa shape index (κ1) is 14.5. The molecule has 4 nitrogen and oxygen atoms in total. The number of carboxylic acids is 1. The molecule has 2 N–H and O–H groups in total. The summed E-state index contributed by atoms with van der Waals surface area (Å²) in [6.45, 7) is 0.434. The highest BCUT2D eigenvalue weighted by Crippen LogP contribution is 2.24. The summed E-state index contributed by atoms with van der Waals surface area (Å²) >= 11 is 0. The molecule has 0 radical (unpaired) electrons. The van der Waals surface area contributed by atoms with Gasteiger partial charge in [0.05, 0.1) is 17.6 Å². The standard InChI is InChI=1S/C15H17FN2O2/c16-13-4-1-11(8-17)12(7-13)9-18-14-5-2-10(3-6-14)15(19)20/h1,4,7,10,14,18H,2-3,5-6,9H2,(H,19,20). The van der Waals surface area contributed by atoms with E-state index >= 15 is 0 Å². The molecule has 1 aromatic carbocycles. The first-order valence-electron chi connectivity index (χ1n) is 6.75. The van der Waals surface area contributed by atoms with Gasteiger partial charge in [-0.1, -0.05) is 0 Å². The van der Waals surface area contributed by atoms with Crippen LogP contribution in [0.15, 0.2) is 18.2 Å². The number of nitrogens with zero attached hydrogens (tertiary/aromatic N) is 1. The van der Waals surface area contributed by atoms with Crippen LogP contribution in [-0.4, -0.2) is 17.1 Å². The van der Waals surface area contributed by atoms with Crippen LogP contribution in [0.4, 0.5) is 4.39 Å². The molecule has 0 amide bonds. The molecule has 106 valence electrons. The second kappa shape index (κ2) is 6.49. The molecule has 0 spiro atoms. The van der Waals surface area contributed by atoms with Gasteiger partial charge in [0.2, 0.25) is 0 Å². The molecule has 0 aromatic heterocycles. The predicted molar refractivity (Wildman–Crippen MR) is 71.3 cm³/mol. The smallest absolute Gasteiger partial charge is 0.306 e. The molecular weight excluding hydrogens is 259 g/mol. The summed E-state index contributed by atoms with van der Waals surface area (Å²) < 4.78 is 13.2. The van der Waals surface area contributed by atoms with Crippen LogP contribution in [0.2, 0.25) is 0 Å². The van der Waals surface area contributed by atoms with Crippen molar-refractivity contribution in [2.24, 2.45) is 5.92 Å². The van der Waals surface area contributed by atoms with Gasteiger partial charge in [0.15, 0.2) is 0 Å². The maximum atomic E-state index is 13.2. The van der Waals surface area contributed by atoms with E-state index in [0.717, 1.165) is 12.8 Å². The molecule has 0 heterocycles. The lowest BCUT2D eigenvalue weighted by Gasteiger charge is -2.27. The van der Waals surface area contributed by atoms with Gasteiger partial charge in [-0.15, -0.1) is 0 Å². The number of aliphatic carboxylic acids is 1. The van der Waals surface area contributed by atoms with Gasteiger partial charge in [0.25, 0.3) is 0 Å². The summed E-state index contributed by atoms with van der Waals surface area (Å²) in [6, 6.07) is 6.41. The van der Waals surface area contributed by atoms with E-state index in [1.54, 1.807) is 0 Å². The van der Waals surface area contributed by atoms with Crippen LogP contribution in [0.1, 0.15) is 36.8 Å². The van der Waals surface area contributed by atoms with Crippen LogP contribution in [0.3, 0.4) is 0 Å². The Balaban J connectivity index is 1.89. The fourth-order valence-electron chi connectivity index (χ4n) is 2.62. The molecule has 1 aromatic rings. The van der Waals surface area contributed by atoms with Crippen LogP contribution in [0.5, 0.6) is 0 Å². The van der Waals surface area contributed by atoms with Crippen molar-refractivity contribution in [2.45, 2.75) is 38.3 Å². The third-order valence-electron chi connectivity index (χ3n) is 3.85. The van der Waals surface area contributed by atoms with Gasteiger partial charge < -0.3 is 10.4 Å². The van der Waals surface area contributed by atoms with E-state index < -0.39 is 5.97 Å². The maximum absolute atomic E-state index is 13.2. The maximum Gasteiger partial charge on any atom is 0.306 e. The predicted octanol–water partition coefficient (Wildman–Crippen LogP) is 2.43. The van der Waals surface area contributed by atoms with Gasteiger partial charge in [0, 0.05) is 12.6 Å². The van der Waals surface area contributed by atoms with Crippen molar-refractivity contribution in [3.05, 3.63) is 35.1 Å². The van der Waals surface area contributed by atoms with Crippen molar-refractivity contribution in [1.29, 1.82) is 5.26 Å². The minimum absolute atomic E-state index is 0.236. The number of hydrogen-bond acceptors (Lipinski definition) is 3. The number of nitrogens with one attached hydrogen (secondary N) is 1. The van der Waals surface area contributed by atoms with E-state index in [-0.39, 0.29) is 17.8 Å². The number of carboxylic acid groups (broad SMARTS) is 1. The lowest BCUT2D eigenvalue weighted by molar-refractivity contribution is -0.142. The summed E-state index contributed by atoms with van der Waals surface area (Å²) in [7, 11) is 0. The molecule has 2 rings (SSSR count). The van der Waals surface area contributed by atoms with Gasteiger partial charge in [-0.2, -0.15) is 5.26 Å². The highest BCUT2D eigenvalue weighted by Gasteiger charge is 2.25. The van der Waals surface area contributed by atoms with Crippen molar-refractivity contribution < 1.29 is 14.3 Å². The second-order valence-electron chi connectivity index (χ2n) is 5.18. The molecule has 0 atom stereocenters. The van der Waals surface area contributed by atoms with E-state index in [1.807, 2.05) is 6.07 Å². The number of carbonyl (C=O) groups is 1. The third kappa shape index (κ3) is 3.55. The van der Waals surface area contributed by atoms with Gasteiger partial charge in [-0.05, 0) is 49.4 Å². The van der Waals surface area contributed by atoms with Gasteiger partial charge >= 0.3 is 5.97 Å². The molecular formula is C15H17FN2O2. The van der Waals surface area contributed by atoms with E-state index in [9.17, 15) is 9.18 Å². The minimum atomic E-state index is -0.722. The molecule has 20 heavy (non-hydrogen) atoms. The number of rotatable bonds is 4. The third-order valence-corrected chi connectivity index (χ3v) is 3.85. The lowest BCUT2D eigenvalue weighted by atomic mass is 9.86. The number of nitriles is 1. The van der Waals surface area contributed by atoms with E-state index in [2.05, 4.69) is 5.32 Å². The van der Waals surface area contributed by atoms with Gasteiger partial charge in [-0.25, -0.2) is 4.39 Å². The Labute approximate surface area is 117 Å². The summed E-state index contributed by atoms with van der Waals surface area (Å²) in [4.78, 5) is 10.9. The van der Waals surface area contributed by atoms with E-state index in [4.69, 9.17) is 10.4 Å². The first-order chi connectivity index (χ1) is 9.60. The normalized spacial score (nSPS) is 22.2. The minimum Gasteiger partial charge on any atom is -0.481 e. The zero-order valence-electron chi connectivity index (χ0n) is 11.1. The largest absolute Gasteiger partial charge is 0.481 e. The van der Waals surface area contributed by atoms with Gasteiger partial charge in [0.1, 0.15) is 5.82 Å². The summed E-state index contributed by atoms with van der Waals surface area (Å²) in [5.41, 5.74) is 1.12. The van der Waals surface area contributed by atoms with Crippen molar-refractivity contribution in [2.75, 3.05) is 0 Å². The fraction of sp³-hybridized carbons (Fsp3) is 0.467. The Morgan fingerprint density at radius 2 is 2.10 bits per heavy atom. The summed E-state index contributed by atoms with van der Waals surface area (Å²) in [6.07, 6.45) is 2.94. The molecule has 0 unspecified atom stereocenters. The Bertz CT molecular complexity index is 531. The molecule has 1 aliphatic carbocycles. The molecule has 0 bridgehead atoms. The Hall–Kier alpha value is -1.93. The number of halogens is 1. The first-order valence-corrected chi connectivity index (χ1v) is 6.75. The van der Waals surface area contributed by atoms with Crippen LogP contribution >= 0.6 is 0 Å². The highest BCUT2D eigenvalue weighted by molar-refractivity contribution is 5.70. The lowest BCUT2D eigenvalue weighted by Crippen LogP contribution is -2.34. The Kier molecular flexibility index (Phi) is 4.70. The summed E-state index contributed by atoms with van der Waals surface area (Å²) in [5.74, 6) is -1.31. The molecule has 1 aliphatic rings. The zero-order chi connectivity index (χ0) is 14.5. The average Bonchev–Trinajstić information content (AvgIpc) is 2.45. The Morgan fingerprint density at radius 3 is 2.70 bits per heavy atom. The van der Waals surface area contributed by atoms with Crippen LogP contribution < -0.4 is 5.32 Å². The molecule has 5 heteroatoms.